The van der Waals surface area contributed by atoms with E-state index < -0.39 is 10.0 Å². The summed E-state index contributed by atoms with van der Waals surface area (Å²) >= 11 is 7.16. The van der Waals surface area contributed by atoms with E-state index in [1.165, 1.54) is 17.4 Å². The van der Waals surface area contributed by atoms with Crippen LogP contribution in [0.4, 0.5) is 5.13 Å². The Balaban J connectivity index is 1.90. The number of anilines is 1. The summed E-state index contributed by atoms with van der Waals surface area (Å²) in [6.07, 6.45) is 0. The molecule has 0 bridgehead atoms. The number of nitrogens with zero attached hydrogens (tertiary/aromatic N) is 2. The molecule has 118 valence electrons. The van der Waals surface area contributed by atoms with E-state index in [1.807, 2.05) is 30.3 Å². The highest BCUT2D eigenvalue weighted by Gasteiger charge is 2.20. The lowest BCUT2D eigenvalue weighted by atomic mass is 10.2. The van der Waals surface area contributed by atoms with E-state index in [2.05, 4.69) is 14.9 Å². The van der Waals surface area contributed by atoms with Gasteiger partial charge in [-0.1, -0.05) is 59.3 Å². The summed E-state index contributed by atoms with van der Waals surface area (Å²) in [5, 5.41) is 9.17. The number of aromatic nitrogens is 2. The number of rotatable bonds is 4. The molecule has 0 aliphatic carbocycles. The molecule has 1 N–H and O–H groups in total. The number of hydrogen-bond acceptors (Lipinski definition) is 5. The average molecular weight is 366 g/mol. The SMILES string of the molecule is Cc1c(Cl)cccc1S(=O)(=O)Nc1nnc(-c2ccccc2)s1. The van der Waals surface area contributed by atoms with Crippen molar-refractivity contribution >= 4 is 38.1 Å². The van der Waals surface area contributed by atoms with E-state index in [0.29, 0.717) is 15.6 Å². The Morgan fingerprint density at radius 1 is 1.04 bits per heavy atom. The molecule has 8 heteroatoms. The van der Waals surface area contributed by atoms with Gasteiger partial charge in [-0.3, -0.25) is 4.72 Å². The highest BCUT2D eigenvalue weighted by Crippen LogP contribution is 2.29. The van der Waals surface area contributed by atoms with Crippen LogP contribution in [-0.4, -0.2) is 18.6 Å². The molecule has 0 radical (unpaired) electrons. The third kappa shape index (κ3) is 3.36. The quantitative estimate of drug-likeness (QED) is 0.759. The van der Waals surface area contributed by atoms with Gasteiger partial charge in [0.25, 0.3) is 10.0 Å². The fourth-order valence-corrected chi connectivity index (χ4v) is 4.49. The van der Waals surface area contributed by atoms with Crippen molar-refractivity contribution in [3.63, 3.8) is 0 Å². The van der Waals surface area contributed by atoms with Crippen LogP contribution < -0.4 is 4.72 Å². The van der Waals surface area contributed by atoms with Crippen molar-refractivity contribution in [3.05, 3.63) is 59.1 Å². The van der Waals surface area contributed by atoms with E-state index in [-0.39, 0.29) is 10.0 Å². The molecule has 0 unspecified atom stereocenters. The first-order valence-corrected chi connectivity index (χ1v) is 9.32. The lowest BCUT2D eigenvalue weighted by Gasteiger charge is -2.08. The largest absolute Gasteiger partial charge is 0.264 e. The normalized spacial score (nSPS) is 11.4. The van der Waals surface area contributed by atoms with Gasteiger partial charge in [-0.15, -0.1) is 10.2 Å². The summed E-state index contributed by atoms with van der Waals surface area (Å²) in [7, 11) is -3.76. The predicted molar refractivity (Wildman–Crippen MR) is 92.3 cm³/mol. The third-order valence-corrected chi connectivity index (χ3v) is 6.08. The van der Waals surface area contributed by atoms with Gasteiger partial charge in [0, 0.05) is 10.6 Å². The zero-order chi connectivity index (χ0) is 16.4. The van der Waals surface area contributed by atoms with Crippen molar-refractivity contribution in [2.45, 2.75) is 11.8 Å². The van der Waals surface area contributed by atoms with Gasteiger partial charge in [0.1, 0.15) is 5.01 Å². The maximum atomic E-state index is 12.5. The van der Waals surface area contributed by atoms with E-state index in [4.69, 9.17) is 11.6 Å². The molecule has 23 heavy (non-hydrogen) atoms. The van der Waals surface area contributed by atoms with Crippen molar-refractivity contribution in [2.75, 3.05) is 4.72 Å². The minimum Gasteiger partial charge on any atom is -0.253 e. The van der Waals surface area contributed by atoms with Crippen LogP contribution in [0.3, 0.4) is 0 Å². The highest BCUT2D eigenvalue weighted by molar-refractivity contribution is 7.93. The minimum absolute atomic E-state index is 0.126. The molecule has 1 heterocycles. The van der Waals surface area contributed by atoms with Gasteiger partial charge in [-0.25, -0.2) is 8.42 Å². The van der Waals surface area contributed by atoms with Crippen LogP contribution in [-0.2, 0) is 10.0 Å². The third-order valence-electron chi connectivity index (χ3n) is 3.17. The van der Waals surface area contributed by atoms with Crippen LogP contribution in [0.25, 0.3) is 10.6 Å². The molecule has 0 aliphatic rings. The van der Waals surface area contributed by atoms with Gasteiger partial charge in [-0.05, 0) is 24.6 Å². The monoisotopic (exact) mass is 365 g/mol. The van der Waals surface area contributed by atoms with Crippen molar-refractivity contribution in [1.29, 1.82) is 0 Å². The summed E-state index contributed by atoms with van der Waals surface area (Å²) in [6, 6.07) is 14.2. The second-order valence-corrected chi connectivity index (χ2v) is 7.78. The smallest absolute Gasteiger partial charge is 0.253 e. The second-order valence-electron chi connectivity index (χ2n) is 4.75. The molecule has 5 nitrogen and oxygen atoms in total. The summed E-state index contributed by atoms with van der Waals surface area (Å²) in [5.74, 6) is 0. The average Bonchev–Trinajstić information content (AvgIpc) is 2.98. The first-order chi connectivity index (χ1) is 11.0. The number of halogens is 1. The maximum Gasteiger partial charge on any atom is 0.264 e. The Bertz CT molecular complexity index is 940. The lowest BCUT2D eigenvalue weighted by molar-refractivity contribution is 0.600. The van der Waals surface area contributed by atoms with Crippen molar-refractivity contribution < 1.29 is 8.42 Å². The predicted octanol–water partition coefficient (Wildman–Crippen LogP) is 3.97. The van der Waals surface area contributed by atoms with E-state index >= 15 is 0 Å². The zero-order valence-corrected chi connectivity index (χ0v) is 14.4. The molecular formula is C15H12ClN3O2S2. The van der Waals surface area contributed by atoms with Crippen molar-refractivity contribution in [2.24, 2.45) is 0 Å². The number of nitrogens with one attached hydrogen (secondary N) is 1. The van der Waals surface area contributed by atoms with Crippen LogP contribution >= 0.6 is 22.9 Å². The second kappa shape index (κ2) is 6.27. The van der Waals surface area contributed by atoms with Crippen LogP contribution in [0.1, 0.15) is 5.56 Å². The molecule has 0 saturated heterocycles. The number of benzene rings is 2. The van der Waals surface area contributed by atoms with Crippen LogP contribution in [0.15, 0.2) is 53.4 Å². The summed E-state index contributed by atoms with van der Waals surface area (Å²) in [4.78, 5) is 0.126. The van der Waals surface area contributed by atoms with Gasteiger partial charge in [0.15, 0.2) is 0 Å². The van der Waals surface area contributed by atoms with Gasteiger partial charge >= 0.3 is 0 Å². The molecule has 0 aliphatic heterocycles. The molecule has 3 aromatic rings. The van der Waals surface area contributed by atoms with Crippen LogP contribution in [0, 0.1) is 6.92 Å². The van der Waals surface area contributed by atoms with E-state index in [0.717, 1.165) is 5.56 Å². The molecule has 0 atom stereocenters. The first-order valence-electron chi connectivity index (χ1n) is 6.64. The zero-order valence-electron chi connectivity index (χ0n) is 12.0. The van der Waals surface area contributed by atoms with Crippen LogP contribution in [0.5, 0.6) is 0 Å². The fraction of sp³-hybridized carbons (Fsp3) is 0.0667. The van der Waals surface area contributed by atoms with Gasteiger partial charge in [0.05, 0.1) is 4.90 Å². The molecule has 1 aromatic heterocycles. The fourth-order valence-electron chi connectivity index (χ4n) is 2.01. The molecular weight excluding hydrogens is 354 g/mol. The Labute approximate surface area is 143 Å². The van der Waals surface area contributed by atoms with Crippen molar-refractivity contribution in [3.8, 4) is 10.6 Å². The molecule has 2 aromatic carbocycles. The Hall–Kier alpha value is -1.96. The number of hydrogen-bond donors (Lipinski definition) is 1. The molecule has 0 fully saturated rings. The van der Waals surface area contributed by atoms with Gasteiger partial charge < -0.3 is 0 Å². The summed E-state index contributed by atoms with van der Waals surface area (Å²) in [5.41, 5.74) is 1.38. The van der Waals surface area contributed by atoms with E-state index in [9.17, 15) is 8.42 Å². The summed E-state index contributed by atoms with van der Waals surface area (Å²) < 4.78 is 27.4. The topological polar surface area (TPSA) is 72.0 Å². The Morgan fingerprint density at radius 2 is 1.78 bits per heavy atom. The Kier molecular flexibility index (Phi) is 4.34. The minimum atomic E-state index is -3.76. The van der Waals surface area contributed by atoms with Crippen molar-refractivity contribution in [1.82, 2.24) is 10.2 Å². The summed E-state index contributed by atoms with van der Waals surface area (Å²) in [6.45, 7) is 1.66. The Morgan fingerprint density at radius 3 is 2.52 bits per heavy atom. The molecule has 0 saturated carbocycles. The molecule has 3 rings (SSSR count). The van der Waals surface area contributed by atoms with E-state index in [1.54, 1.807) is 19.1 Å². The number of sulfonamides is 1. The standard InChI is InChI=1S/C15H12ClN3O2S2/c1-10-12(16)8-5-9-13(10)23(20,21)19-15-18-17-14(22-15)11-6-3-2-4-7-11/h2-9H,1H3,(H,18,19). The highest BCUT2D eigenvalue weighted by atomic mass is 35.5. The molecule has 0 amide bonds. The first kappa shape index (κ1) is 15.9. The maximum absolute atomic E-state index is 12.5. The van der Waals surface area contributed by atoms with Gasteiger partial charge in [-0.2, -0.15) is 0 Å². The van der Waals surface area contributed by atoms with Gasteiger partial charge in [0.2, 0.25) is 5.13 Å². The molecule has 0 spiro atoms. The lowest BCUT2D eigenvalue weighted by Crippen LogP contribution is -2.14. The van der Waals surface area contributed by atoms with Crippen LogP contribution in [0.2, 0.25) is 5.02 Å².